The van der Waals surface area contributed by atoms with Crippen LogP contribution in [0.2, 0.25) is 0 Å². The number of hydrogen-bond donors (Lipinski definition) is 2. The molecule has 3 aromatic rings. The largest absolute Gasteiger partial charge is 0.493 e. The molecule has 0 bridgehead atoms. The number of carbonyl (C=O) groups excluding carboxylic acids is 2. The number of anilines is 1. The molecule has 1 aliphatic carbocycles. The van der Waals surface area contributed by atoms with Crippen molar-refractivity contribution < 1.29 is 19.1 Å². The van der Waals surface area contributed by atoms with Crippen LogP contribution in [0, 0.1) is 5.92 Å². The number of nitrogens with one attached hydrogen (secondary N) is 2. The Morgan fingerprint density at radius 3 is 2.84 bits per heavy atom. The topological polar surface area (TPSA) is 76.7 Å². The first kappa shape index (κ1) is 20.1. The van der Waals surface area contributed by atoms with Crippen LogP contribution in [-0.4, -0.2) is 19.0 Å². The smallest absolute Gasteiger partial charge is 0.353 e. The second-order valence-corrected chi connectivity index (χ2v) is 9.94. The number of carbonyl (C=O) groups is 2. The molecule has 2 aromatic heterocycles. The Bertz CT molecular complexity index is 1150. The lowest BCUT2D eigenvalue weighted by Gasteiger charge is -2.27. The lowest BCUT2D eigenvalue weighted by molar-refractivity contribution is 0.0734. The minimum atomic E-state index is -0.423. The highest BCUT2D eigenvalue weighted by Gasteiger charge is 2.33. The summed E-state index contributed by atoms with van der Waals surface area (Å²) in [6.45, 7) is 2.26. The highest BCUT2D eigenvalue weighted by molar-refractivity contribution is 7.16. The average molecular weight is 455 g/mol. The third-order valence-corrected chi connectivity index (χ3v) is 7.77. The van der Waals surface area contributed by atoms with Gasteiger partial charge in [-0.05, 0) is 59.9 Å². The van der Waals surface area contributed by atoms with Crippen LogP contribution in [0.1, 0.15) is 55.5 Å². The molecule has 2 atom stereocenters. The SMILES string of the molecule is COc1cc([C@H]2NC(=O)c3c(sc4c3CC[C@H](C)C4)N2)ccc1OC(=O)c1cccs1. The summed E-state index contributed by atoms with van der Waals surface area (Å²) in [5.41, 5.74) is 2.83. The minimum Gasteiger partial charge on any atom is -0.493 e. The zero-order chi connectivity index (χ0) is 21.5. The van der Waals surface area contributed by atoms with E-state index in [4.69, 9.17) is 9.47 Å². The monoisotopic (exact) mass is 454 g/mol. The summed E-state index contributed by atoms with van der Waals surface area (Å²) in [6.07, 6.45) is 2.73. The first-order valence-electron chi connectivity index (χ1n) is 10.2. The number of ether oxygens (including phenoxy) is 2. The summed E-state index contributed by atoms with van der Waals surface area (Å²) < 4.78 is 11.0. The third-order valence-electron chi connectivity index (χ3n) is 5.74. The first-order valence-corrected chi connectivity index (χ1v) is 11.9. The van der Waals surface area contributed by atoms with Crippen molar-refractivity contribution in [2.75, 3.05) is 12.4 Å². The maximum Gasteiger partial charge on any atom is 0.353 e. The molecule has 5 rings (SSSR count). The number of fused-ring (bicyclic) bond motifs is 3. The number of amides is 1. The number of rotatable bonds is 4. The zero-order valence-electron chi connectivity index (χ0n) is 17.2. The lowest BCUT2D eigenvalue weighted by Crippen LogP contribution is -2.38. The Balaban J connectivity index is 1.40. The highest BCUT2D eigenvalue weighted by atomic mass is 32.1. The molecule has 31 heavy (non-hydrogen) atoms. The summed E-state index contributed by atoms with van der Waals surface area (Å²) in [6, 6.07) is 8.84. The van der Waals surface area contributed by atoms with Crippen LogP contribution in [-0.2, 0) is 12.8 Å². The van der Waals surface area contributed by atoms with Crippen molar-refractivity contribution in [3.05, 3.63) is 62.2 Å². The second-order valence-electron chi connectivity index (χ2n) is 7.88. The molecule has 8 heteroatoms. The molecule has 0 unspecified atom stereocenters. The zero-order valence-corrected chi connectivity index (χ0v) is 18.8. The van der Waals surface area contributed by atoms with Gasteiger partial charge in [-0.1, -0.05) is 19.1 Å². The molecule has 160 valence electrons. The van der Waals surface area contributed by atoms with E-state index in [9.17, 15) is 9.59 Å². The van der Waals surface area contributed by atoms with Crippen molar-refractivity contribution in [1.29, 1.82) is 0 Å². The van der Waals surface area contributed by atoms with E-state index in [2.05, 4.69) is 17.6 Å². The van der Waals surface area contributed by atoms with E-state index in [0.717, 1.165) is 35.4 Å². The summed E-state index contributed by atoms with van der Waals surface area (Å²) in [5.74, 6) is 0.961. The molecule has 0 spiro atoms. The standard InChI is InChI=1S/C23H22N2O4S2/c1-12-5-7-14-18(10-12)31-22-19(14)21(26)24-20(25-22)13-6-8-15(16(11-13)28-2)29-23(27)17-4-3-9-30-17/h3-4,6,8-9,11-12,20,25H,5,7,10H2,1-2H3,(H,24,26)/t12-,20-/m0/s1. The van der Waals surface area contributed by atoms with Gasteiger partial charge in [-0.2, -0.15) is 0 Å². The van der Waals surface area contributed by atoms with E-state index in [1.54, 1.807) is 35.6 Å². The molecule has 1 aromatic carbocycles. The van der Waals surface area contributed by atoms with Gasteiger partial charge < -0.3 is 20.1 Å². The Labute approximate surface area is 188 Å². The van der Waals surface area contributed by atoms with Crippen molar-refractivity contribution >= 4 is 39.6 Å². The molecule has 3 heterocycles. The molecule has 0 radical (unpaired) electrons. The van der Waals surface area contributed by atoms with E-state index in [1.165, 1.54) is 28.9 Å². The first-order chi connectivity index (χ1) is 15.0. The molecular formula is C23H22N2O4S2. The maximum absolute atomic E-state index is 12.9. The predicted molar refractivity (Wildman–Crippen MR) is 122 cm³/mol. The van der Waals surface area contributed by atoms with Gasteiger partial charge in [0.15, 0.2) is 11.5 Å². The summed E-state index contributed by atoms with van der Waals surface area (Å²) >= 11 is 3.02. The van der Waals surface area contributed by atoms with E-state index in [0.29, 0.717) is 22.3 Å². The number of esters is 1. The third kappa shape index (κ3) is 3.70. The fraction of sp³-hybridized carbons (Fsp3) is 0.304. The molecule has 0 fully saturated rings. The molecule has 2 aliphatic rings. The summed E-state index contributed by atoms with van der Waals surface area (Å²) in [7, 11) is 1.53. The van der Waals surface area contributed by atoms with Crippen molar-refractivity contribution in [3.8, 4) is 11.5 Å². The van der Waals surface area contributed by atoms with Crippen LogP contribution >= 0.6 is 22.7 Å². The number of thiophene rings is 2. The molecule has 1 amide bonds. The summed E-state index contributed by atoms with van der Waals surface area (Å²) in [4.78, 5) is 27.1. The van der Waals surface area contributed by atoms with Gasteiger partial charge in [0.2, 0.25) is 0 Å². The Morgan fingerprint density at radius 1 is 1.19 bits per heavy atom. The number of methoxy groups -OCH3 is 1. The number of hydrogen-bond acceptors (Lipinski definition) is 7. The van der Waals surface area contributed by atoms with Crippen LogP contribution in [0.5, 0.6) is 11.5 Å². The number of benzene rings is 1. The van der Waals surface area contributed by atoms with Gasteiger partial charge in [-0.15, -0.1) is 22.7 Å². The van der Waals surface area contributed by atoms with Crippen molar-refractivity contribution in [2.24, 2.45) is 5.92 Å². The molecule has 0 saturated heterocycles. The van der Waals surface area contributed by atoms with Crippen molar-refractivity contribution in [3.63, 3.8) is 0 Å². The van der Waals surface area contributed by atoms with Crippen LogP contribution in [0.4, 0.5) is 5.00 Å². The van der Waals surface area contributed by atoms with Crippen molar-refractivity contribution in [1.82, 2.24) is 5.32 Å². The van der Waals surface area contributed by atoms with Gasteiger partial charge in [0.05, 0.1) is 12.7 Å². The van der Waals surface area contributed by atoms with E-state index in [-0.39, 0.29) is 12.1 Å². The predicted octanol–water partition coefficient (Wildman–Crippen LogP) is 5.02. The second kappa shape index (κ2) is 8.01. The minimum absolute atomic E-state index is 0.0435. The van der Waals surface area contributed by atoms with Gasteiger partial charge >= 0.3 is 5.97 Å². The van der Waals surface area contributed by atoms with Gasteiger partial charge in [0.25, 0.3) is 5.91 Å². The van der Waals surface area contributed by atoms with Gasteiger partial charge in [-0.3, -0.25) is 4.79 Å². The van der Waals surface area contributed by atoms with Crippen LogP contribution in [0.15, 0.2) is 35.7 Å². The fourth-order valence-electron chi connectivity index (χ4n) is 4.12. The van der Waals surface area contributed by atoms with Gasteiger partial charge in [0.1, 0.15) is 16.0 Å². The molecule has 6 nitrogen and oxygen atoms in total. The quantitative estimate of drug-likeness (QED) is 0.428. The molecule has 1 aliphatic heterocycles. The van der Waals surface area contributed by atoms with E-state index in [1.807, 2.05) is 11.4 Å². The Morgan fingerprint density at radius 2 is 2.06 bits per heavy atom. The molecule has 2 N–H and O–H groups in total. The Hall–Kier alpha value is -2.84. The van der Waals surface area contributed by atoms with Crippen LogP contribution < -0.4 is 20.1 Å². The lowest BCUT2D eigenvalue weighted by atomic mass is 9.88. The average Bonchev–Trinajstić information content (AvgIpc) is 3.41. The van der Waals surface area contributed by atoms with Crippen LogP contribution in [0.3, 0.4) is 0 Å². The highest BCUT2D eigenvalue weighted by Crippen LogP contribution is 2.43. The molecular weight excluding hydrogens is 432 g/mol. The summed E-state index contributed by atoms with van der Waals surface area (Å²) in [5, 5.41) is 9.30. The van der Waals surface area contributed by atoms with E-state index >= 15 is 0 Å². The Kier molecular flexibility index (Phi) is 5.19. The van der Waals surface area contributed by atoms with Crippen molar-refractivity contribution in [2.45, 2.75) is 32.4 Å². The normalized spacial score (nSPS) is 19.6. The maximum atomic E-state index is 12.9. The van der Waals surface area contributed by atoms with E-state index < -0.39 is 5.97 Å². The fourth-order valence-corrected chi connectivity index (χ4v) is 6.16. The van der Waals surface area contributed by atoms with Crippen LogP contribution in [0.25, 0.3) is 0 Å². The van der Waals surface area contributed by atoms with Gasteiger partial charge in [-0.25, -0.2) is 4.79 Å². The molecule has 0 saturated carbocycles. The van der Waals surface area contributed by atoms with Gasteiger partial charge in [0, 0.05) is 4.88 Å².